The fourth-order valence-electron chi connectivity index (χ4n) is 1.45. The Balaban J connectivity index is 2.30. The zero-order chi connectivity index (χ0) is 11.8. The van der Waals surface area contributed by atoms with Crippen LogP contribution < -0.4 is 0 Å². The van der Waals surface area contributed by atoms with Gasteiger partial charge in [0.1, 0.15) is 0 Å². The minimum Gasteiger partial charge on any atom is -0.294 e. The Kier molecular flexibility index (Phi) is 5.60. The standard InChI is InChI=1S/C13H14ClNO/c14-12-8-6-11(7-9-12)13(16)5-3-1-2-4-10-15/h6-9H,1-5H2. The number of hydrogen-bond acceptors (Lipinski definition) is 2. The SMILES string of the molecule is N#CCCCCCC(=O)c1ccc(Cl)cc1. The van der Waals surface area contributed by atoms with Gasteiger partial charge in [0.25, 0.3) is 0 Å². The molecule has 84 valence electrons. The number of nitrogens with zero attached hydrogens (tertiary/aromatic N) is 1. The third kappa shape index (κ3) is 4.46. The molecule has 0 saturated heterocycles. The Bertz CT molecular complexity index is 378. The van der Waals surface area contributed by atoms with Crippen molar-refractivity contribution in [2.45, 2.75) is 32.1 Å². The molecule has 0 aliphatic carbocycles. The number of carbonyl (C=O) groups excluding carboxylic acids is 1. The summed E-state index contributed by atoms with van der Waals surface area (Å²) in [5.74, 6) is 0.147. The topological polar surface area (TPSA) is 40.9 Å². The van der Waals surface area contributed by atoms with Gasteiger partial charge in [-0.3, -0.25) is 4.79 Å². The number of hydrogen-bond donors (Lipinski definition) is 0. The van der Waals surface area contributed by atoms with Gasteiger partial charge in [0.2, 0.25) is 0 Å². The average molecular weight is 236 g/mol. The Morgan fingerprint density at radius 3 is 2.50 bits per heavy atom. The molecule has 0 heterocycles. The van der Waals surface area contributed by atoms with E-state index >= 15 is 0 Å². The molecule has 0 amide bonds. The Labute approximate surface area is 101 Å². The van der Waals surface area contributed by atoms with Crippen molar-refractivity contribution in [1.29, 1.82) is 5.26 Å². The van der Waals surface area contributed by atoms with Crippen LogP contribution in [0.3, 0.4) is 0 Å². The second-order valence-corrected chi connectivity index (χ2v) is 4.09. The average Bonchev–Trinajstić information content (AvgIpc) is 2.29. The van der Waals surface area contributed by atoms with Crippen molar-refractivity contribution in [3.05, 3.63) is 34.9 Å². The molecule has 0 spiro atoms. The van der Waals surface area contributed by atoms with Gasteiger partial charge in [0, 0.05) is 23.4 Å². The van der Waals surface area contributed by atoms with Gasteiger partial charge >= 0.3 is 0 Å². The zero-order valence-corrected chi connectivity index (χ0v) is 9.83. The van der Waals surface area contributed by atoms with Gasteiger partial charge in [-0.2, -0.15) is 5.26 Å². The van der Waals surface area contributed by atoms with E-state index in [1.165, 1.54) is 0 Å². The van der Waals surface area contributed by atoms with Gasteiger partial charge in [0.15, 0.2) is 5.78 Å². The summed E-state index contributed by atoms with van der Waals surface area (Å²) in [6.45, 7) is 0. The third-order valence-corrected chi connectivity index (χ3v) is 2.61. The Morgan fingerprint density at radius 1 is 1.19 bits per heavy atom. The molecule has 0 fully saturated rings. The first-order chi connectivity index (χ1) is 7.74. The molecule has 1 rings (SSSR count). The summed E-state index contributed by atoms with van der Waals surface area (Å²) in [6, 6.07) is 9.05. The highest BCUT2D eigenvalue weighted by Gasteiger charge is 2.04. The van der Waals surface area contributed by atoms with Crippen LogP contribution in [0.1, 0.15) is 42.5 Å². The molecular weight excluding hydrogens is 222 g/mol. The Morgan fingerprint density at radius 2 is 1.88 bits per heavy atom. The number of rotatable bonds is 6. The van der Waals surface area contributed by atoms with E-state index in [4.69, 9.17) is 16.9 Å². The van der Waals surface area contributed by atoms with Crippen LogP contribution in [-0.2, 0) is 0 Å². The molecular formula is C13H14ClNO. The maximum absolute atomic E-state index is 11.7. The maximum Gasteiger partial charge on any atom is 0.162 e. The highest BCUT2D eigenvalue weighted by Crippen LogP contribution is 2.13. The van der Waals surface area contributed by atoms with E-state index in [0.717, 1.165) is 19.3 Å². The summed E-state index contributed by atoms with van der Waals surface area (Å²) in [5, 5.41) is 8.99. The molecule has 0 N–H and O–H groups in total. The smallest absolute Gasteiger partial charge is 0.162 e. The quantitative estimate of drug-likeness (QED) is 0.552. The molecule has 0 aromatic heterocycles. The van der Waals surface area contributed by atoms with Gasteiger partial charge in [0.05, 0.1) is 6.07 Å². The summed E-state index contributed by atoms with van der Waals surface area (Å²) >= 11 is 5.74. The van der Waals surface area contributed by atoms with E-state index in [1.807, 2.05) is 0 Å². The van der Waals surface area contributed by atoms with Crippen molar-refractivity contribution in [2.24, 2.45) is 0 Å². The molecule has 0 bridgehead atoms. The van der Waals surface area contributed by atoms with Crippen molar-refractivity contribution >= 4 is 17.4 Å². The minimum atomic E-state index is 0.147. The van der Waals surface area contributed by atoms with Crippen LogP contribution in [0, 0.1) is 11.3 Å². The van der Waals surface area contributed by atoms with Crippen molar-refractivity contribution in [1.82, 2.24) is 0 Å². The number of halogens is 1. The molecule has 0 radical (unpaired) electrons. The lowest BCUT2D eigenvalue weighted by atomic mass is 10.0. The minimum absolute atomic E-state index is 0.147. The van der Waals surface area contributed by atoms with Crippen LogP contribution in [-0.4, -0.2) is 5.78 Å². The van der Waals surface area contributed by atoms with Crippen LogP contribution in [0.2, 0.25) is 5.02 Å². The first-order valence-electron chi connectivity index (χ1n) is 5.40. The second-order valence-electron chi connectivity index (χ2n) is 3.65. The van der Waals surface area contributed by atoms with Gasteiger partial charge in [-0.1, -0.05) is 18.0 Å². The predicted octanol–water partition coefficient (Wildman–Crippen LogP) is 4.00. The molecule has 3 heteroatoms. The number of nitriles is 1. The van der Waals surface area contributed by atoms with E-state index in [9.17, 15) is 4.79 Å². The van der Waals surface area contributed by atoms with Crippen LogP contribution in [0.15, 0.2) is 24.3 Å². The monoisotopic (exact) mass is 235 g/mol. The van der Waals surface area contributed by atoms with Crippen LogP contribution in [0.25, 0.3) is 0 Å². The molecule has 16 heavy (non-hydrogen) atoms. The summed E-state index contributed by atoms with van der Waals surface area (Å²) < 4.78 is 0. The first-order valence-corrected chi connectivity index (χ1v) is 5.77. The van der Waals surface area contributed by atoms with Crippen LogP contribution >= 0.6 is 11.6 Å². The fourth-order valence-corrected chi connectivity index (χ4v) is 1.57. The molecule has 1 aromatic rings. The number of ketones is 1. The highest BCUT2D eigenvalue weighted by molar-refractivity contribution is 6.30. The highest BCUT2D eigenvalue weighted by atomic mass is 35.5. The van der Waals surface area contributed by atoms with Gasteiger partial charge in [-0.05, 0) is 37.1 Å². The van der Waals surface area contributed by atoms with Crippen molar-refractivity contribution < 1.29 is 4.79 Å². The number of carbonyl (C=O) groups is 1. The largest absolute Gasteiger partial charge is 0.294 e. The lowest BCUT2D eigenvalue weighted by Gasteiger charge is -2.00. The maximum atomic E-state index is 11.7. The Hall–Kier alpha value is -1.33. The number of unbranched alkanes of at least 4 members (excludes halogenated alkanes) is 3. The molecule has 0 saturated carbocycles. The molecule has 0 aliphatic heterocycles. The molecule has 1 aromatic carbocycles. The number of Topliss-reactive ketones (excluding diaryl/α,β-unsaturated/α-hetero) is 1. The lowest BCUT2D eigenvalue weighted by molar-refractivity contribution is 0.0979. The van der Waals surface area contributed by atoms with Gasteiger partial charge in [-0.15, -0.1) is 0 Å². The van der Waals surface area contributed by atoms with E-state index in [0.29, 0.717) is 23.4 Å². The second kappa shape index (κ2) is 7.03. The van der Waals surface area contributed by atoms with E-state index in [-0.39, 0.29) is 5.78 Å². The van der Waals surface area contributed by atoms with Crippen LogP contribution in [0.4, 0.5) is 0 Å². The number of benzene rings is 1. The normalized spacial score (nSPS) is 9.75. The molecule has 0 unspecified atom stereocenters. The van der Waals surface area contributed by atoms with Crippen molar-refractivity contribution in [2.75, 3.05) is 0 Å². The zero-order valence-electron chi connectivity index (χ0n) is 9.08. The summed E-state index contributed by atoms with van der Waals surface area (Å²) in [5.41, 5.74) is 0.713. The lowest BCUT2D eigenvalue weighted by Crippen LogP contribution is -1.98. The van der Waals surface area contributed by atoms with Crippen molar-refractivity contribution in [3.8, 4) is 6.07 Å². The first kappa shape index (κ1) is 12.7. The van der Waals surface area contributed by atoms with E-state index < -0.39 is 0 Å². The molecule has 0 aliphatic rings. The van der Waals surface area contributed by atoms with Gasteiger partial charge < -0.3 is 0 Å². The van der Waals surface area contributed by atoms with Gasteiger partial charge in [-0.25, -0.2) is 0 Å². The molecule has 2 nitrogen and oxygen atoms in total. The third-order valence-electron chi connectivity index (χ3n) is 2.36. The fraction of sp³-hybridized carbons (Fsp3) is 0.385. The van der Waals surface area contributed by atoms with E-state index in [2.05, 4.69) is 6.07 Å². The van der Waals surface area contributed by atoms with Crippen LogP contribution in [0.5, 0.6) is 0 Å². The molecule has 0 atom stereocenters. The summed E-state index contributed by atoms with van der Waals surface area (Å²) in [7, 11) is 0. The van der Waals surface area contributed by atoms with Crippen molar-refractivity contribution in [3.63, 3.8) is 0 Å². The van der Waals surface area contributed by atoms with E-state index in [1.54, 1.807) is 24.3 Å². The predicted molar refractivity (Wildman–Crippen MR) is 64.5 cm³/mol. The summed E-state index contributed by atoms with van der Waals surface area (Å²) in [6.07, 6.45) is 3.79. The summed E-state index contributed by atoms with van der Waals surface area (Å²) in [4.78, 5) is 11.7.